The summed E-state index contributed by atoms with van der Waals surface area (Å²) in [7, 11) is 0. The molecule has 4 rings (SSSR count). The molecule has 0 saturated carbocycles. The average molecular weight is 468 g/mol. The third-order valence-corrected chi connectivity index (χ3v) is 7.22. The van der Waals surface area contributed by atoms with Gasteiger partial charge in [0.1, 0.15) is 5.76 Å². The first kappa shape index (κ1) is 23.4. The molecule has 8 heteroatoms. The lowest BCUT2D eigenvalue weighted by Crippen LogP contribution is -2.35. The molecular weight excluding hydrogens is 434 g/mol. The topological polar surface area (TPSA) is 76.2 Å². The zero-order chi connectivity index (χ0) is 23.2. The lowest BCUT2D eigenvalue weighted by atomic mass is 10.00. The lowest BCUT2D eigenvalue weighted by molar-refractivity contribution is -0.113. The maximum atomic E-state index is 12.9. The van der Waals surface area contributed by atoms with Gasteiger partial charge >= 0.3 is 0 Å². The lowest BCUT2D eigenvalue weighted by Gasteiger charge is -2.31. The SMILES string of the molecule is CCc1cccc(CC)c1NC(=O)CSc1nnc(N2CCC(C)CC2)n1Cc1ccco1. The number of hydrogen-bond donors (Lipinski definition) is 1. The molecule has 0 spiro atoms. The minimum atomic E-state index is -0.0310. The standard InChI is InChI=1S/C25H33N5O2S/c1-4-19-8-6-9-20(5-2)23(19)26-22(31)17-33-25-28-27-24(29-13-11-18(3)12-14-29)30(25)16-21-10-7-15-32-21/h6-10,15,18H,4-5,11-14,16-17H2,1-3H3,(H,26,31). The van der Waals surface area contributed by atoms with E-state index in [1.54, 1.807) is 6.26 Å². The van der Waals surface area contributed by atoms with Gasteiger partial charge in [-0.3, -0.25) is 9.36 Å². The van der Waals surface area contributed by atoms with E-state index in [1.165, 1.54) is 11.8 Å². The third kappa shape index (κ3) is 5.61. The van der Waals surface area contributed by atoms with Crippen LogP contribution in [0.25, 0.3) is 0 Å². The summed E-state index contributed by atoms with van der Waals surface area (Å²) in [6.45, 7) is 9.00. The summed E-state index contributed by atoms with van der Waals surface area (Å²) in [5.41, 5.74) is 3.28. The fourth-order valence-electron chi connectivity index (χ4n) is 4.24. The van der Waals surface area contributed by atoms with Crippen LogP contribution < -0.4 is 10.2 Å². The number of piperidine rings is 1. The van der Waals surface area contributed by atoms with E-state index in [1.807, 2.05) is 12.1 Å². The number of carbonyl (C=O) groups excluding carboxylic acids is 1. The highest BCUT2D eigenvalue weighted by Crippen LogP contribution is 2.28. The molecular formula is C25H33N5O2S. The molecule has 1 aromatic carbocycles. The molecule has 3 aromatic rings. The van der Waals surface area contributed by atoms with E-state index in [2.05, 4.69) is 64.0 Å². The number of furan rings is 1. The second kappa shape index (κ2) is 10.9. The van der Waals surface area contributed by atoms with Gasteiger partial charge in [0, 0.05) is 18.8 Å². The van der Waals surface area contributed by atoms with Crippen LogP contribution in [0.4, 0.5) is 11.6 Å². The zero-order valence-corrected chi connectivity index (χ0v) is 20.5. The van der Waals surface area contributed by atoms with Crippen molar-refractivity contribution in [2.75, 3.05) is 29.1 Å². The molecule has 3 heterocycles. The molecule has 0 bridgehead atoms. The van der Waals surface area contributed by atoms with Gasteiger partial charge in [0.25, 0.3) is 0 Å². The Morgan fingerprint density at radius 1 is 1.12 bits per heavy atom. The fourth-order valence-corrected chi connectivity index (χ4v) is 4.97. The molecule has 33 heavy (non-hydrogen) atoms. The second-order valence-electron chi connectivity index (χ2n) is 8.61. The summed E-state index contributed by atoms with van der Waals surface area (Å²) in [6.07, 6.45) is 5.74. The van der Waals surface area contributed by atoms with Gasteiger partial charge in [-0.25, -0.2) is 0 Å². The van der Waals surface area contributed by atoms with Crippen LogP contribution in [0.1, 0.15) is 50.5 Å². The Kier molecular flexibility index (Phi) is 7.75. The fraction of sp³-hybridized carbons (Fsp3) is 0.480. The molecule has 1 saturated heterocycles. The number of para-hydroxylation sites is 1. The smallest absolute Gasteiger partial charge is 0.234 e. The molecule has 0 radical (unpaired) electrons. The Labute approximate surface area is 199 Å². The maximum absolute atomic E-state index is 12.9. The van der Waals surface area contributed by atoms with E-state index in [0.29, 0.717) is 6.54 Å². The Morgan fingerprint density at radius 3 is 2.48 bits per heavy atom. The van der Waals surface area contributed by atoms with Crippen LogP contribution in [-0.2, 0) is 24.2 Å². The number of anilines is 2. The third-order valence-electron chi connectivity index (χ3n) is 6.25. The largest absolute Gasteiger partial charge is 0.467 e. The summed E-state index contributed by atoms with van der Waals surface area (Å²) < 4.78 is 7.67. The number of nitrogens with zero attached hydrogens (tertiary/aromatic N) is 4. The van der Waals surface area contributed by atoms with Crippen molar-refractivity contribution in [1.29, 1.82) is 0 Å². The van der Waals surface area contributed by atoms with Crippen LogP contribution in [0, 0.1) is 5.92 Å². The predicted molar refractivity (Wildman–Crippen MR) is 133 cm³/mol. The van der Waals surface area contributed by atoms with Crippen LogP contribution in [-0.4, -0.2) is 39.5 Å². The highest BCUT2D eigenvalue weighted by atomic mass is 32.2. The van der Waals surface area contributed by atoms with Crippen LogP contribution in [0.2, 0.25) is 0 Å². The van der Waals surface area contributed by atoms with Crippen molar-refractivity contribution in [1.82, 2.24) is 14.8 Å². The molecule has 7 nitrogen and oxygen atoms in total. The van der Waals surface area contributed by atoms with Gasteiger partial charge in [-0.1, -0.05) is 50.7 Å². The number of benzene rings is 1. The number of aryl methyl sites for hydroxylation is 2. The molecule has 0 unspecified atom stereocenters. The van der Waals surface area contributed by atoms with Crippen LogP contribution in [0.3, 0.4) is 0 Å². The molecule has 1 fully saturated rings. The minimum absolute atomic E-state index is 0.0310. The van der Waals surface area contributed by atoms with Gasteiger partial charge in [0.15, 0.2) is 5.16 Å². The van der Waals surface area contributed by atoms with Crippen molar-refractivity contribution in [3.05, 3.63) is 53.5 Å². The molecule has 1 N–H and O–H groups in total. The highest BCUT2D eigenvalue weighted by Gasteiger charge is 2.24. The molecule has 2 aromatic heterocycles. The number of amides is 1. The Balaban J connectivity index is 1.49. The molecule has 0 atom stereocenters. The number of hydrogen-bond acceptors (Lipinski definition) is 6. The zero-order valence-electron chi connectivity index (χ0n) is 19.7. The van der Waals surface area contributed by atoms with Crippen molar-refractivity contribution in [3.63, 3.8) is 0 Å². The first-order valence-electron chi connectivity index (χ1n) is 11.8. The van der Waals surface area contributed by atoms with Gasteiger partial charge < -0.3 is 14.6 Å². The summed E-state index contributed by atoms with van der Waals surface area (Å²) in [6, 6.07) is 10.1. The van der Waals surface area contributed by atoms with E-state index in [4.69, 9.17) is 4.42 Å². The normalized spacial score (nSPS) is 14.6. The quantitative estimate of drug-likeness (QED) is 0.446. The number of rotatable bonds is 9. The van der Waals surface area contributed by atoms with E-state index >= 15 is 0 Å². The van der Waals surface area contributed by atoms with E-state index in [0.717, 1.165) is 78.4 Å². The Morgan fingerprint density at radius 2 is 1.85 bits per heavy atom. The second-order valence-corrected chi connectivity index (χ2v) is 9.56. The molecule has 0 aliphatic carbocycles. The van der Waals surface area contributed by atoms with Crippen molar-refractivity contribution in [2.24, 2.45) is 5.92 Å². The molecule has 1 amide bonds. The van der Waals surface area contributed by atoms with Gasteiger partial charge in [0.05, 0.1) is 18.6 Å². The number of aromatic nitrogens is 3. The average Bonchev–Trinajstić information content (AvgIpc) is 3.49. The first-order valence-corrected chi connectivity index (χ1v) is 12.8. The summed E-state index contributed by atoms with van der Waals surface area (Å²) in [4.78, 5) is 15.2. The van der Waals surface area contributed by atoms with Crippen LogP contribution >= 0.6 is 11.8 Å². The minimum Gasteiger partial charge on any atom is -0.467 e. The Bertz CT molecular complexity index is 1030. The Hall–Kier alpha value is -2.74. The van der Waals surface area contributed by atoms with Gasteiger partial charge in [-0.2, -0.15) is 0 Å². The summed E-state index contributed by atoms with van der Waals surface area (Å²) >= 11 is 1.42. The highest BCUT2D eigenvalue weighted by molar-refractivity contribution is 7.99. The van der Waals surface area contributed by atoms with Crippen molar-refractivity contribution in [2.45, 2.75) is 58.2 Å². The van der Waals surface area contributed by atoms with E-state index in [9.17, 15) is 4.79 Å². The van der Waals surface area contributed by atoms with Crippen molar-refractivity contribution in [3.8, 4) is 0 Å². The number of thioether (sulfide) groups is 1. The monoisotopic (exact) mass is 467 g/mol. The van der Waals surface area contributed by atoms with E-state index in [-0.39, 0.29) is 11.7 Å². The predicted octanol–water partition coefficient (Wildman–Crippen LogP) is 5.01. The molecule has 1 aliphatic heterocycles. The molecule has 1 aliphatic rings. The van der Waals surface area contributed by atoms with Gasteiger partial charge in [-0.15, -0.1) is 10.2 Å². The van der Waals surface area contributed by atoms with Crippen LogP contribution in [0.15, 0.2) is 46.2 Å². The summed E-state index contributed by atoms with van der Waals surface area (Å²) in [5, 5.41) is 12.8. The van der Waals surface area contributed by atoms with Gasteiger partial charge in [-0.05, 0) is 54.9 Å². The summed E-state index contributed by atoms with van der Waals surface area (Å²) in [5.74, 6) is 2.67. The number of nitrogens with one attached hydrogen (secondary N) is 1. The van der Waals surface area contributed by atoms with Crippen molar-refractivity contribution < 1.29 is 9.21 Å². The van der Waals surface area contributed by atoms with Crippen molar-refractivity contribution >= 4 is 29.3 Å². The van der Waals surface area contributed by atoms with E-state index < -0.39 is 0 Å². The molecule has 176 valence electrons. The number of carbonyl (C=O) groups is 1. The van der Waals surface area contributed by atoms with Crippen LogP contribution in [0.5, 0.6) is 0 Å². The van der Waals surface area contributed by atoms with Gasteiger partial charge in [0.2, 0.25) is 11.9 Å². The first-order chi connectivity index (χ1) is 16.1. The maximum Gasteiger partial charge on any atom is 0.234 e.